The molecular weight excluding hydrogens is 588 g/mol. The van der Waals surface area contributed by atoms with Crippen LogP contribution in [0.15, 0.2) is 88.9 Å². The number of rotatable bonds is 7. The Balaban J connectivity index is 1.36. The van der Waals surface area contributed by atoms with Gasteiger partial charge in [0, 0.05) is 5.56 Å². The highest BCUT2D eigenvalue weighted by Crippen LogP contribution is 2.30. The van der Waals surface area contributed by atoms with Crippen molar-refractivity contribution in [1.29, 1.82) is 0 Å². The Labute approximate surface area is 244 Å². The van der Waals surface area contributed by atoms with E-state index in [1.807, 2.05) is 19.1 Å². The minimum absolute atomic E-state index is 0.201. The van der Waals surface area contributed by atoms with Crippen molar-refractivity contribution in [2.45, 2.75) is 20.5 Å². The molecule has 0 aromatic heterocycles. The van der Waals surface area contributed by atoms with Gasteiger partial charge >= 0.3 is 12.0 Å². The lowest BCUT2D eigenvalue weighted by molar-refractivity contribution is -0.122. The third-order valence-electron chi connectivity index (χ3n) is 6.65. The van der Waals surface area contributed by atoms with Crippen molar-refractivity contribution in [1.82, 2.24) is 5.32 Å². The van der Waals surface area contributed by atoms with Gasteiger partial charge in [-0.2, -0.15) is 0 Å². The van der Waals surface area contributed by atoms with Crippen LogP contribution in [0.5, 0.6) is 5.75 Å². The molecule has 0 aliphatic carbocycles. The fourth-order valence-corrected chi connectivity index (χ4v) is 5.04. The Morgan fingerprint density at radius 1 is 0.976 bits per heavy atom. The normalized spacial score (nSPS) is 14.4. The van der Waals surface area contributed by atoms with E-state index in [9.17, 15) is 19.2 Å². The number of esters is 1. The van der Waals surface area contributed by atoms with E-state index in [1.165, 1.54) is 30.3 Å². The van der Waals surface area contributed by atoms with Gasteiger partial charge in [-0.25, -0.2) is 14.5 Å². The number of halogens is 1. The Hall–Kier alpha value is -4.76. The van der Waals surface area contributed by atoms with Gasteiger partial charge in [0.15, 0.2) is 0 Å². The number of urea groups is 1. The van der Waals surface area contributed by atoms with E-state index in [4.69, 9.17) is 9.47 Å². The molecule has 0 unspecified atom stereocenters. The Bertz CT molecular complexity index is 1730. The van der Waals surface area contributed by atoms with E-state index in [2.05, 4.69) is 45.5 Å². The average molecular weight is 613 g/mol. The van der Waals surface area contributed by atoms with Gasteiger partial charge in [-0.3, -0.25) is 14.9 Å². The van der Waals surface area contributed by atoms with Crippen molar-refractivity contribution in [3.63, 3.8) is 0 Å². The van der Waals surface area contributed by atoms with Crippen LogP contribution in [0.4, 0.5) is 10.5 Å². The van der Waals surface area contributed by atoms with Crippen LogP contribution in [0, 0.1) is 6.92 Å². The van der Waals surface area contributed by atoms with Crippen LogP contribution in [0.1, 0.15) is 34.0 Å². The number of nitrogens with one attached hydrogen (secondary N) is 1. The van der Waals surface area contributed by atoms with Crippen LogP contribution in [0.25, 0.3) is 16.8 Å². The van der Waals surface area contributed by atoms with E-state index in [-0.39, 0.29) is 23.4 Å². The third kappa shape index (κ3) is 5.76. The monoisotopic (exact) mass is 612 g/mol. The van der Waals surface area contributed by atoms with E-state index >= 15 is 0 Å². The molecule has 1 aliphatic heterocycles. The van der Waals surface area contributed by atoms with Gasteiger partial charge in [0.25, 0.3) is 11.8 Å². The van der Waals surface area contributed by atoms with Gasteiger partial charge in [0.2, 0.25) is 0 Å². The summed E-state index contributed by atoms with van der Waals surface area (Å²) in [7, 11) is 0. The molecule has 1 N–H and O–H groups in total. The summed E-state index contributed by atoms with van der Waals surface area (Å²) in [5, 5.41) is 4.46. The average Bonchev–Trinajstić information content (AvgIpc) is 2.96. The quantitative estimate of drug-likeness (QED) is 0.149. The number of aryl methyl sites for hydroxylation is 1. The standard InChI is InChI=1S/C32H25BrN2O6/c1-3-40-31(38)22-11-13-23(14-12-22)35-30(37)25(29(36)34-32(35)39)16-20-9-15-28(27(33)17-20)41-18-26-19(2)8-10-21-6-4-5-7-24(21)26/h4-17H,3,18H2,1-2H3,(H,34,36,39)/b25-16+. The van der Waals surface area contributed by atoms with Gasteiger partial charge in [0.05, 0.1) is 22.3 Å². The number of ether oxygens (including phenoxy) is 2. The van der Waals surface area contributed by atoms with Crippen LogP contribution < -0.4 is 15.0 Å². The minimum atomic E-state index is -0.880. The van der Waals surface area contributed by atoms with Gasteiger partial charge in [0.1, 0.15) is 17.9 Å². The van der Waals surface area contributed by atoms with Gasteiger partial charge in [-0.15, -0.1) is 0 Å². The summed E-state index contributed by atoms with van der Waals surface area (Å²) in [6.07, 6.45) is 1.41. The van der Waals surface area contributed by atoms with Crippen LogP contribution >= 0.6 is 15.9 Å². The Morgan fingerprint density at radius 3 is 2.46 bits per heavy atom. The fourth-order valence-electron chi connectivity index (χ4n) is 4.53. The Kier molecular flexibility index (Phi) is 7.98. The van der Waals surface area contributed by atoms with Crippen LogP contribution in [-0.2, 0) is 20.9 Å². The number of imide groups is 2. The molecule has 1 aliphatic rings. The number of carbonyl (C=O) groups excluding carboxylic acids is 4. The number of hydrogen-bond donors (Lipinski definition) is 1. The molecule has 5 rings (SSSR count). The predicted octanol–water partition coefficient (Wildman–Crippen LogP) is 6.33. The molecule has 4 amide bonds. The Morgan fingerprint density at radius 2 is 1.73 bits per heavy atom. The molecule has 1 heterocycles. The first kappa shape index (κ1) is 27.8. The number of barbiturate groups is 1. The molecule has 0 radical (unpaired) electrons. The fraction of sp³-hybridized carbons (Fsp3) is 0.125. The van der Waals surface area contributed by atoms with Crippen LogP contribution in [0.3, 0.4) is 0 Å². The molecule has 0 saturated carbocycles. The second-order valence-corrected chi connectivity index (χ2v) is 10.1. The largest absolute Gasteiger partial charge is 0.488 e. The molecule has 8 nitrogen and oxygen atoms in total. The first-order chi connectivity index (χ1) is 19.8. The number of benzene rings is 4. The summed E-state index contributed by atoms with van der Waals surface area (Å²) in [6, 6.07) is 22.4. The first-order valence-corrected chi connectivity index (χ1v) is 13.6. The summed E-state index contributed by atoms with van der Waals surface area (Å²) >= 11 is 3.53. The molecule has 4 aromatic carbocycles. The molecule has 1 fully saturated rings. The van der Waals surface area contributed by atoms with Gasteiger partial charge in [-0.1, -0.05) is 42.5 Å². The zero-order valence-electron chi connectivity index (χ0n) is 22.3. The summed E-state index contributed by atoms with van der Waals surface area (Å²) < 4.78 is 11.7. The second-order valence-electron chi connectivity index (χ2n) is 9.29. The smallest absolute Gasteiger partial charge is 0.338 e. The molecule has 0 spiro atoms. The first-order valence-electron chi connectivity index (χ1n) is 12.8. The lowest BCUT2D eigenvalue weighted by atomic mass is 10.0. The number of amides is 4. The number of anilines is 1. The van der Waals surface area contributed by atoms with E-state index in [0.29, 0.717) is 22.4 Å². The maximum atomic E-state index is 13.3. The SMILES string of the molecule is CCOC(=O)c1ccc(N2C(=O)NC(=O)/C(=C\c3ccc(OCc4c(C)ccc5ccccc45)c(Br)c3)C2=O)cc1. The van der Waals surface area contributed by atoms with Crippen molar-refractivity contribution in [2.75, 3.05) is 11.5 Å². The number of carbonyl (C=O) groups is 4. The van der Waals surface area contributed by atoms with E-state index < -0.39 is 23.8 Å². The molecular formula is C32H25BrN2O6. The molecule has 0 bridgehead atoms. The molecule has 9 heteroatoms. The zero-order chi connectivity index (χ0) is 29.1. The second kappa shape index (κ2) is 11.8. The maximum absolute atomic E-state index is 13.3. The summed E-state index contributed by atoms with van der Waals surface area (Å²) in [5.41, 5.74) is 3.02. The highest BCUT2D eigenvalue weighted by atomic mass is 79.9. The van der Waals surface area contributed by atoms with Gasteiger partial charge in [-0.05, 0) is 94.2 Å². The summed E-state index contributed by atoms with van der Waals surface area (Å²) in [5.74, 6) is -1.51. The van der Waals surface area contributed by atoms with Crippen LogP contribution in [0.2, 0.25) is 0 Å². The lowest BCUT2D eigenvalue weighted by Crippen LogP contribution is -2.54. The highest BCUT2D eigenvalue weighted by molar-refractivity contribution is 9.10. The van der Waals surface area contributed by atoms with Crippen LogP contribution in [-0.4, -0.2) is 30.4 Å². The lowest BCUT2D eigenvalue weighted by Gasteiger charge is -2.26. The molecule has 41 heavy (non-hydrogen) atoms. The zero-order valence-corrected chi connectivity index (χ0v) is 23.9. The van der Waals surface area contributed by atoms with E-state index in [1.54, 1.807) is 25.1 Å². The number of hydrogen-bond acceptors (Lipinski definition) is 6. The number of nitrogens with zero attached hydrogens (tertiary/aromatic N) is 1. The minimum Gasteiger partial charge on any atom is -0.488 e. The molecule has 4 aromatic rings. The van der Waals surface area contributed by atoms with Crippen molar-refractivity contribution < 1.29 is 28.7 Å². The van der Waals surface area contributed by atoms with Crippen molar-refractivity contribution in [3.8, 4) is 5.75 Å². The van der Waals surface area contributed by atoms with E-state index in [0.717, 1.165) is 26.8 Å². The predicted molar refractivity (Wildman–Crippen MR) is 159 cm³/mol. The van der Waals surface area contributed by atoms with Crippen molar-refractivity contribution in [2.24, 2.45) is 0 Å². The molecule has 1 saturated heterocycles. The molecule has 0 atom stereocenters. The van der Waals surface area contributed by atoms with Crippen molar-refractivity contribution >= 4 is 62.3 Å². The maximum Gasteiger partial charge on any atom is 0.338 e. The molecule has 206 valence electrons. The third-order valence-corrected chi connectivity index (χ3v) is 7.27. The summed E-state index contributed by atoms with van der Waals surface area (Å²) in [4.78, 5) is 51.2. The van der Waals surface area contributed by atoms with Gasteiger partial charge < -0.3 is 9.47 Å². The summed E-state index contributed by atoms with van der Waals surface area (Å²) in [6.45, 7) is 4.32. The number of fused-ring (bicyclic) bond motifs is 1. The highest BCUT2D eigenvalue weighted by Gasteiger charge is 2.36. The topological polar surface area (TPSA) is 102 Å². The van der Waals surface area contributed by atoms with Crippen molar-refractivity contribution in [3.05, 3.63) is 111 Å².